The van der Waals surface area contributed by atoms with E-state index in [0.717, 1.165) is 5.56 Å². The summed E-state index contributed by atoms with van der Waals surface area (Å²) in [5, 5.41) is 12.5. The van der Waals surface area contributed by atoms with Crippen LogP contribution < -0.4 is 5.32 Å². The highest BCUT2D eigenvalue weighted by atomic mass is 16.3. The molecular formula is C17H23N3O3. The molecule has 2 aliphatic rings. The lowest BCUT2D eigenvalue weighted by molar-refractivity contribution is -0.133. The molecule has 0 spiro atoms. The number of imide groups is 1. The number of aliphatic hydroxyl groups is 1. The molecule has 124 valence electrons. The van der Waals surface area contributed by atoms with Crippen molar-refractivity contribution in [3.8, 4) is 0 Å². The Kier molecular flexibility index (Phi) is 4.37. The minimum Gasteiger partial charge on any atom is -0.393 e. The number of piperidine rings is 1. The molecule has 6 nitrogen and oxygen atoms in total. The van der Waals surface area contributed by atoms with Gasteiger partial charge in [-0.3, -0.25) is 9.69 Å². The number of urea groups is 1. The van der Waals surface area contributed by atoms with Crippen molar-refractivity contribution in [2.75, 3.05) is 19.8 Å². The Hall–Kier alpha value is -1.92. The van der Waals surface area contributed by atoms with Gasteiger partial charge in [-0.25, -0.2) is 9.69 Å². The van der Waals surface area contributed by atoms with Crippen LogP contribution in [0, 0.1) is 0 Å². The van der Waals surface area contributed by atoms with Crippen LogP contribution in [0.4, 0.5) is 4.79 Å². The molecule has 2 saturated heterocycles. The molecule has 2 N–H and O–H groups in total. The zero-order valence-electron chi connectivity index (χ0n) is 13.4. The van der Waals surface area contributed by atoms with Gasteiger partial charge >= 0.3 is 6.03 Å². The van der Waals surface area contributed by atoms with Crippen LogP contribution in [0.3, 0.4) is 0 Å². The van der Waals surface area contributed by atoms with Gasteiger partial charge < -0.3 is 10.4 Å². The highest BCUT2D eigenvalue weighted by Crippen LogP contribution is 2.32. The van der Waals surface area contributed by atoms with Crippen LogP contribution in [0.15, 0.2) is 30.3 Å². The van der Waals surface area contributed by atoms with E-state index in [0.29, 0.717) is 32.4 Å². The number of likely N-dealkylation sites (tertiary alicyclic amines) is 1. The minimum atomic E-state index is -0.965. The maximum atomic E-state index is 13.0. The van der Waals surface area contributed by atoms with E-state index in [1.165, 1.54) is 4.90 Å². The second kappa shape index (κ2) is 6.29. The maximum absolute atomic E-state index is 13.0. The predicted octanol–water partition coefficient (Wildman–Crippen LogP) is 1.26. The first-order valence-electron chi connectivity index (χ1n) is 8.17. The average molecular weight is 317 g/mol. The van der Waals surface area contributed by atoms with Crippen molar-refractivity contribution in [3.05, 3.63) is 35.9 Å². The fourth-order valence-electron chi connectivity index (χ4n) is 3.38. The summed E-state index contributed by atoms with van der Waals surface area (Å²) in [6.45, 7) is 3.59. The molecule has 3 rings (SSSR count). The first kappa shape index (κ1) is 16.0. The second-order valence-corrected chi connectivity index (χ2v) is 6.28. The molecule has 2 heterocycles. The Morgan fingerprint density at radius 3 is 2.48 bits per heavy atom. The van der Waals surface area contributed by atoms with Crippen molar-refractivity contribution in [3.63, 3.8) is 0 Å². The number of nitrogens with one attached hydrogen (secondary N) is 1. The van der Waals surface area contributed by atoms with E-state index in [9.17, 15) is 14.7 Å². The SMILES string of the molecule is CC[C@@]1(c2ccccc2)NC(=O)N(CN2CCC(O)CC2)C1=O. The summed E-state index contributed by atoms with van der Waals surface area (Å²) in [4.78, 5) is 28.7. The summed E-state index contributed by atoms with van der Waals surface area (Å²) in [5.41, 5.74) is -0.148. The van der Waals surface area contributed by atoms with Crippen molar-refractivity contribution in [1.29, 1.82) is 0 Å². The standard InChI is InChI=1S/C17H23N3O3/c1-2-17(13-6-4-3-5-7-13)15(22)20(16(23)18-17)12-19-10-8-14(21)9-11-19/h3-7,14,21H,2,8-12H2,1H3,(H,18,23)/t17-/m0/s1. The van der Waals surface area contributed by atoms with E-state index in [4.69, 9.17) is 0 Å². The molecule has 0 aromatic heterocycles. The number of carbonyl (C=O) groups is 2. The third-order valence-electron chi connectivity index (χ3n) is 4.87. The van der Waals surface area contributed by atoms with Crippen LogP contribution in [0.1, 0.15) is 31.7 Å². The molecule has 0 bridgehead atoms. The topological polar surface area (TPSA) is 72.9 Å². The van der Waals surface area contributed by atoms with Crippen LogP contribution in [-0.2, 0) is 10.3 Å². The number of hydrogen-bond donors (Lipinski definition) is 2. The quantitative estimate of drug-likeness (QED) is 0.820. The summed E-state index contributed by atoms with van der Waals surface area (Å²) < 4.78 is 0. The van der Waals surface area contributed by atoms with E-state index >= 15 is 0 Å². The lowest BCUT2D eigenvalue weighted by atomic mass is 9.87. The van der Waals surface area contributed by atoms with Crippen LogP contribution in [-0.4, -0.2) is 52.7 Å². The Labute approximate surface area is 136 Å². The fourth-order valence-corrected chi connectivity index (χ4v) is 3.38. The number of aliphatic hydroxyl groups excluding tert-OH is 1. The average Bonchev–Trinajstić information content (AvgIpc) is 2.83. The maximum Gasteiger partial charge on any atom is 0.326 e. The highest BCUT2D eigenvalue weighted by Gasteiger charge is 2.51. The molecule has 3 amide bonds. The number of nitrogens with zero attached hydrogens (tertiary/aromatic N) is 2. The lowest BCUT2D eigenvalue weighted by Gasteiger charge is -2.32. The Balaban J connectivity index is 1.79. The van der Waals surface area contributed by atoms with Crippen LogP contribution in [0.25, 0.3) is 0 Å². The molecule has 2 aliphatic heterocycles. The van der Waals surface area contributed by atoms with E-state index in [2.05, 4.69) is 5.32 Å². The summed E-state index contributed by atoms with van der Waals surface area (Å²) in [6, 6.07) is 9.06. The van der Waals surface area contributed by atoms with Gasteiger partial charge in [0.2, 0.25) is 0 Å². The third-order valence-corrected chi connectivity index (χ3v) is 4.87. The predicted molar refractivity (Wildman–Crippen MR) is 85.5 cm³/mol. The molecule has 1 atom stereocenters. The van der Waals surface area contributed by atoms with E-state index in [-0.39, 0.29) is 24.7 Å². The monoisotopic (exact) mass is 317 g/mol. The number of carbonyl (C=O) groups excluding carboxylic acids is 2. The molecule has 6 heteroatoms. The first-order valence-corrected chi connectivity index (χ1v) is 8.17. The molecule has 2 fully saturated rings. The highest BCUT2D eigenvalue weighted by molar-refractivity contribution is 6.07. The largest absolute Gasteiger partial charge is 0.393 e. The molecule has 1 aromatic rings. The van der Waals surface area contributed by atoms with Crippen molar-refractivity contribution in [2.24, 2.45) is 0 Å². The van der Waals surface area contributed by atoms with Gasteiger partial charge in [0.05, 0.1) is 12.8 Å². The Morgan fingerprint density at radius 1 is 1.22 bits per heavy atom. The van der Waals surface area contributed by atoms with Crippen molar-refractivity contribution >= 4 is 11.9 Å². The lowest BCUT2D eigenvalue weighted by Crippen LogP contribution is -2.47. The zero-order chi connectivity index (χ0) is 16.4. The molecule has 0 radical (unpaired) electrons. The third kappa shape index (κ3) is 2.84. The van der Waals surface area contributed by atoms with Gasteiger partial charge in [0, 0.05) is 13.1 Å². The fraction of sp³-hybridized carbons (Fsp3) is 0.529. The van der Waals surface area contributed by atoms with E-state index < -0.39 is 5.54 Å². The summed E-state index contributed by atoms with van der Waals surface area (Å²) in [6.07, 6.45) is 1.60. The van der Waals surface area contributed by atoms with Gasteiger partial charge in [-0.2, -0.15) is 0 Å². The molecule has 1 aromatic carbocycles. The molecule has 23 heavy (non-hydrogen) atoms. The van der Waals surface area contributed by atoms with Gasteiger partial charge in [0.15, 0.2) is 0 Å². The van der Waals surface area contributed by atoms with Crippen molar-refractivity contribution < 1.29 is 14.7 Å². The molecule has 0 saturated carbocycles. The van der Waals surface area contributed by atoms with Crippen LogP contribution >= 0.6 is 0 Å². The van der Waals surface area contributed by atoms with Crippen molar-refractivity contribution in [1.82, 2.24) is 15.1 Å². The number of amides is 3. The van der Waals surface area contributed by atoms with Gasteiger partial charge in [-0.15, -0.1) is 0 Å². The van der Waals surface area contributed by atoms with E-state index in [1.807, 2.05) is 42.2 Å². The Morgan fingerprint density at radius 2 is 1.87 bits per heavy atom. The smallest absolute Gasteiger partial charge is 0.326 e. The normalized spacial score (nSPS) is 26.6. The van der Waals surface area contributed by atoms with Crippen molar-refractivity contribution in [2.45, 2.75) is 37.8 Å². The van der Waals surface area contributed by atoms with Gasteiger partial charge in [-0.1, -0.05) is 37.3 Å². The number of benzene rings is 1. The molecule has 0 unspecified atom stereocenters. The van der Waals surface area contributed by atoms with Gasteiger partial charge in [-0.05, 0) is 24.8 Å². The number of hydrogen-bond acceptors (Lipinski definition) is 4. The second-order valence-electron chi connectivity index (χ2n) is 6.28. The summed E-state index contributed by atoms with van der Waals surface area (Å²) in [5.74, 6) is -0.192. The first-order chi connectivity index (χ1) is 11.1. The van der Waals surface area contributed by atoms with Gasteiger partial charge in [0.1, 0.15) is 5.54 Å². The van der Waals surface area contributed by atoms with Crippen LogP contribution in [0.5, 0.6) is 0 Å². The zero-order valence-corrected chi connectivity index (χ0v) is 13.4. The Bertz CT molecular complexity index is 584. The summed E-state index contributed by atoms with van der Waals surface area (Å²) in [7, 11) is 0. The summed E-state index contributed by atoms with van der Waals surface area (Å²) >= 11 is 0. The minimum absolute atomic E-state index is 0.192. The number of rotatable bonds is 4. The molecule has 0 aliphatic carbocycles. The van der Waals surface area contributed by atoms with Gasteiger partial charge in [0.25, 0.3) is 5.91 Å². The molecular weight excluding hydrogens is 294 g/mol. The van der Waals surface area contributed by atoms with Crippen LogP contribution in [0.2, 0.25) is 0 Å². The van der Waals surface area contributed by atoms with E-state index in [1.54, 1.807) is 0 Å².